The summed E-state index contributed by atoms with van der Waals surface area (Å²) < 4.78 is 0. The van der Waals surface area contributed by atoms with Gasteiger partial charge in [-0.2, -0.15) is 0 Å². The van der Waals surface area contributed by atoms with Gasteiger partial charge in [-0.25, -0.2) is 0 Å². The Kier molecular flexibility index (Phi) is 8.04. The molecule has 35 heavy (non-hydrogen) atoms. The fourth-order valence-electron chi connectivity index (χ4n) is 4.93. The Morgan fingerprint density at radius 3 is 2.20 bits per heavy atom. The Morgan fingerprint density at radius 2 is 1.69 bits per heavy atom. The van der Waals surface area contributed by atoms with Gasteiger partial charge in [0, 0.05) is 36.7 Å². The lowest BCUT2D eigenvalue weighted by Crippen LogP contribution is -2.60. The van der Waals surface area contributed by atoms with Crippen LogP contribution in [0.25, 0.3) is 0 Å². The van der Waals surface area contributed by atoms with Gasteiger partial charge in [-0.1, -0.05) is 45.7 Å². The van der Waals surface area contributed by atoms with Crippen LogP contribution < -0.4 is 16.4 Å². The lowest BCUT2D eigenvalue weighted by Gasteiger charge is -2.39. The third kappa shape index (κ3) is 6.10. The van der Waals surface area contributed by atoms with E-state index in [1.54, 1.807) is 26.0 Å². The molecule has 1 aromatic carbocycles. The van der Waals surface area contributed by atoms with Crippen molar-refractivity contribution < 1.29 is 19.2 Å². The van der Waals surface area contributed by atoms with Crippen LogP contribution in [-0.2, 0) is 19.8 Å². The van der Waals surface area contributed by atoms with E-state index in [1.807, 2.05) is 12.1 Å². The van der Waals surface area contributed by atoms with Gasteiger partial charge >= 0.3 is 0 Å². The van der Waals surface area contributed by atoms with Crippen molar-refractivity contribution in [3.05, 3.63) is 35.4 Å². The largest absolute Gasteiger partial charge is 0.352 e. The second-order valence-corrected chi connectivity index (χ2v) is 11.4. The van der Waals surface area contributed by atoms with Crippen LogP contribution in [0.2, 0.25) is 0 Å². The van der Waals surface area contributed by atoms with Gasteiger partial charge < -0.3 is 16.4 Å². The highest BCUT2D eigenvalue weighted by Crippen LogP contribution is 2.29. The number of likely N-dealkylation sites (tertiary alicyclic amines) is 1. The summed E-state index contributed by atoms with van der Waals surface area (Å²) in [6.07, 6.45) is 3.51. The number of hydrogen-bond acceptors (Lipinski definition) is 5. The maximum Gasteiger partial charge on any atom is 0.251 e. The molecule has 4 amide bonds. The van der Waals surface area contributed by atoms with Gasteiger partial charge in [0.2, 0.25) is 17.7 Å². The third-order valence-electron chi connectivity index (χ3n) is 7.40. The summed E-state index contributed by atoms with van der Waals surface area (Å²) in [5, 5.41) is 6.01. The summed E-state index contributed by atoms with van der Waals surface area (Å²) in [5.74, 6) is -2.01. The molecular weight excluding hydrogens is 444 g/mol. The smallest absolute Gasteiger partial charge is 0.251 e. The number of nitrogens with zero attached hydrogens (tertiary/aromatic N) is 1. The molecule has 1 aromatic rings. The molecule has 0 spiro atoms. The van der Waals surface area contributed by atoms with E-state index < -0.39 is 17.4 Å². The zero-order valence-electron chi connectivity index (χ0n) is 21.6. The number of carbonyl (C=O) groups is 4. The molecule has 1 saturated carbocycles. The van der Waals surface area contributed by atoms with Crippen LogP contribution in [-0.4, -0.2) is 53.2 Å². The topological polar surface area (TPSA) is 122 Å². The van der Waals surface area contributed by atoms with Crippen molar-refractivity contribution in [2.45, 2.75) is 83.7 Å². The van der Waals surface area contributed by atoms with Gasteiger partial charge in [-0.15, -0.1) is 0 Å². The van der Waals surface area contributed by atoms with Gasteiger partial charge in [0.15, 0.2) is 0 Å². The number of hydrogen-bond donors (Lipinski definition) is 3. The summed E-state index contributed by atoms with van der Waals surface area (Å²) in [6, 6.07) is 7.12. The zero-order valence-corrected chi connectivity index (χ0v) is 21.6. The quantitative estimate of drug-likeness (QED) is 0.406. The van der Waals surface area contributed by atoms with Crippen LogP contribution in [0.3, 0.4) is 0 Å². The second-order valence-electron chi connectivity index (χ2n) is 11.4. The molecular formula is C27H40N4O4. The summed E-state index contributed by atoms with van der Waals surface area (Å²) >= 11 is 0. The van der Waals surface area contributed by atoms with Crippen molar-refractivity contribution in [1.29, 1.82) is 0 Å². The molecule has 8 heteroatoms. The van der Waals surface area contributed by atoms with E-state index in [2.05, 4.69) is 31.4 Å². The average Bonchev–Trinajstić information content (AvgIpc) is 2.77. The maximum absolute atomic E-state index is 13.3. The fraction of sp³-hybridized carbons (Fsp3) is 0.630. The lowest BCUT2D eigenvalue weighted by atomic mass is 9.81. The number of benzene rings is 1. The highest BCUT2D eigenvalue weighted by atomic mass is 16.2. The number of amides is 4. The predicted octanol–water partition coefficient (Wildman–Crippen LogP) is 2.50. The Hall–Kier alpha value is -2.74. The van der Waals surface area contributed by atoms with Crippen molar-refractivity contribution in [2.24, 2.45) is 17.6 Å². The maximum atomic E-state index is 13.3. The first kappa shape index (κ1) is 26.9. The van der Waals surface area contributed by atoms with Gasteiger partial charge in [0.1, 0.15) is 0 Å². The average molecular weight is 485 g/mol. The van der Waals surface area contributed by atoms with E-state index in [0.717, 1.165) is 18.4 Å². The standard InChI is InChI=1S/C27H40N4O4/c1-26(2,3)18-12-10-17(11-13-18)23(33)30-27(4,5)20(16-28)24(34)29-21-9-7-6-8-19(21)25(35)31-15-14-22(31)32/h10-13,19-21H,6-9,14-16,28H2,1-5H3,(H,29,34)(H,30,33)/t19-,20+,21+/m0/s1. The Morgan fingerprint density at radius 1 is 1.06 bits per heavy atom. The number of imide groups is 1. The van der Waals surface area contributed by atoms with E-state index in [0.29, 0.717) is 31.4 Å². The van der Waals surface area contributed by atoms with E-state index >= 15 is 0 Å². The summed E-state index contributed by atoms with van der Waals surface area (Å²) in [4.78, 5) is 52.2. The summed E-state index contributed by atoms with van der Waals surface area (Å²) in [6.45, 7) is 10.4. The molecule has 0 aromatic heterocycles. The molecule has 192 valence electrons. The van der Waals surface area contributed by atoms with Crippen LogP contribution in [0.1, 0.15) is 82.6 Å². The normalized spacial score (nSPS) is 21.7. The highest BCUT2D eigenvalue weighted by Gasteiger charge is 2.42. The van der Waals surface area contributed by atoms with Crippen molar-refractivity contribution in [3.63, 3.8) is 0 Å². The van der Waals surface area contributed by atoms with Crippen LogP contribution in [0.4, 0.5) is 0 Å². The SMILES string of the molecule is CC(C)(C)c1ccc(C(=O)NC(C)(C)[C@H](CN)C(=O)N[C@@H]2CCCC[C@@H]2C(=O)N2CCC2=O)cc1. The second kappa shape index (κ2) is 10.5. The Labute approximate surface area is 208 Å². The number of carbonyl (C=O) groups excluding carboxylic acids is 4. The van der Waals surface area contributed by atoms with Crippen molar-refractivity contribution in [1.82, 2.24) is 15.5 Å². The van der Waals surface area contributed by atoms with E-state index in [-0.39, 0.29) is 41.6 Å². The van der Waals surface area contributed by atoms with Crippen molar-refractivity contribution >= 4 is 23.6 Å². The highest BCUT2D eigenvalue weighted by molar-refractivity contribution is 6.00. The molecule has 1 aliphatic heterocycles. The van der Waals surface area contributed by atoms with Crippen LogP contribution >= 0.6 is 0 Å². The lowest BCUT2D eigenvalue weighted by molar-refractivity contribution is -0.156. The molecule has 4 N–H and O–H groups in total. The monoisotopic (exact) mass is 484 g/mol. The molecule has 3 rings (SSSR count). The molecule has 3 atom stereocenters. The van der Waals surface area contributed by atoms with Crippen molar-refractivity contribution in [3.8, 4) is 0 Å². The van der Waals surface area contributed by atoms with Crippen LogP contribution in [0, 0.1) is 11.8 Å². The number of nitrogens with one attached hydrogen (secondary N) is 2. The Bertz CT molecular complexity index is 964. The first-order valence-corrected chi connectivity index (χ1v) is 12.6. The zero-order chi connectivity index (χ0) is 26.0. The van der Waals surface area contributed by atoms with E-state index in [4.69, 9.17) is 5.73 Å². The van der Waals surface area contributed by atoms with Gasteiger partial charge in [0.05, 0.1) is 11.8 Å². The number of β-lactam (4-membered cyclic amide) rings is 1. The Balaban J connectivity index is 1.67. The number of rotatable bonds is 7. The molecule has 0 unspecified atom stereocenters. The molecule has 1 heterocycles. The molecule has 1 aliphatic carbocycles. The van der Waals surface area contributed by atoms with Gasteiger partial charge in [-0.05, 0) is 49.8 Å². The molecule has 1 saturated heterocycles. The first-order valence-electron chi connectivity index (χ1n) is 12.6. The minimum Gasteiger partial charge on any atom is -0.352 e. The summed E-state index contributed by atoms with van der Waals surface area (Å²) in [7, 11) is 0. The predicted molar refractivity (Wildman–Crippen MR) is 134 cm³/mol. The molecule has 0 bridgehead atoms. The van der Waals surface area contributed by atoms with Gasteiger partial charge in [0.25, 0.3) is 5.91 Å². The van der Waals surface area contributed by atoms with Crippen LogP contribution in [0.5, 0.6) is 0 Å². The van der Waals surface area contributed by atoms with E-state index in [1.165, 1.54) is 4.90 Å². The number of nitrogens with two attached hydrogens (primary N) is 1. The van der Waals surface area contributed by atoms with Gasteiger partial charge in [-0.3, -0.25) is 24.1 Å². The first-order chi connectivity index (χ1) is 16.3. The molecule has 2 fully saturated rings. The molecule has 8 nitrogen and oxygen atoms in total. The van der Waals surface area contributed by atoms with Crippen LogP contribution in [0.15, 0.2) is 24.3 Å². The van der Waals surface area contributed by atoms with E-state index in [9.17, 15) is 19.2 Å². The minimum atomic E-state index is -0.916. The molecule has 2 aliphatic rings. The summed E-state index contributed by atoms with van der Waals surface area (Å²) in [5.41, 5.74) is 6.72. The fourth-order valence-corrected chi connectivity index (χ4v) is 4.93. The minimum absolute atomic E-state index is 0.0156. The van der Waals surface area contributed by atoms with Crippen molar-refractivity contribution in [2.75, 3.05) is 13.1 Å². The third-order valence-corrected chi connectivity index (χ3v) is 7.40. The molecule has 0 radical (unpaired) electrons.